The summed E-state index contributed by atoms with van der Waals surface area (Å²) in [5.41, 5.74) is 6.49. The molecule has 0 aliphatic heterocycles. The Morgan fingerprint density at radius 1 is 1.41 bits per heavy atom. The lowest BCUT2D eigenvalue weighted by atomic mass is 10.2. The Kier molecular flexibility index (Phi) is 3.18. The number of nitrogens with zero attached hydrogens (tertiary/aromatic N) is 3. The normalized spacial score (nSPS) is 10.4. The minimum absolute atomic E-state index is 0.0501. The standard InChI is InChI=1S/C12H14N4O/c1-2-16-6-5-14-12(16)7-11(17)10-4-3-9(13)8-15-10/h3-6,8H,2,7,13H2,1H3. The second-order valence-corrected chi connectivity index (χ2v) is 3.71. The van der Waals surface area contributed by atoms with Gasteiger partial charge in [0.1, 0.15) is 11.5 Å². The molecule has 0 aliphatic rings. The van der Waals surface area contributed by atoms with E-state index in [4.69, 9.17) is 5.73 Å². The fraction of sp³-hybridized carbons (Fsp3) is 0.250. The van der Waals surface area contributed by atoms with Crippen LogP contribution in [-0.4, -0.2) is 20.3 Å². The van der Waals surface area contributed by atoms with Crippen molar-refractivity contribution in [2.24, 2.45) is 0 Å². The number of imidazole rings is 1. The number of ketones is 1. The zero-order valence-electron chi connectivity index (χ0n) is 9.63. The summed E-state index contributed by atoms with van der Waals surface area (Å²) in [6, 6.07) is 3.31. The lowest BCUT2D eigenvalue weighted by Gasteiger charge is -2.03. The number of anilines is 1. The van der Waals surface area contributed by atoms with Crippen molar-refractivity contribution in [3.05, 3.63) is 42.2 Å². The van der Waals surface area contributed by atoms with E-state index in [0.717, 1.165) is 12.4 Å². The summed E-state index contributed by atoms with van der Waals surface area (Å²) >= 11 is 0. The molecule has 0 aliphatic carbocycles. The second kappa shape index (κ2) is 4.78. The van der Waals surface area contributed by atoms with E-state index in [2.05, 4.69) is 9.97 Å². The van der Waals surface area contributed by atoms with Gasteiger partial charge < -0.3 is 10.3 Å². The number of rotatable bonds is 4. The summed E-state index contributed by atoms with van der Waals surface area (Å²) in [4.78, 5) is 20.1. The molecule has 0 spiro atoms. The predicted molar refractivity (Wildman–Crippen MR) is 64.6 cm³/mol. The Hall–Kier alpha value is -2.17. The fourth-order valence-corrected chi connectivity index (χ4v) is 1.60. The molecule has 5 heteroatoms. The topological polar surface area (TPSA) is 73.8 Å². The molecule has 2 N–H and O–H groups in total. The van der Waals surface area contributed by atoms with Gasteiger partial charge in [0.15, 0.2) is 5.78 Å². The van der Waals surface area contributed by atoms with Crippen molar-refractivity contribution >= 4 is 11.5 Å². The maximum atomic E-state index is 11.9. The molecule has 0 saturated heterocycles. The van der Waals surface area contributed by atoms with Crippen LogP contribution in [0.4, 0.5) is 5.69 Å². The number of carbonyl (C=O) groups excluding carboxylic acids is 1. The fourth-order valence-electron chi connectivity index (χ4n) is 1.60. The zero-order chi connectivity index (χ0) is 12.3. The Bertz CT molecular complexity index is 516. The smallest absolute Gasteiger partial charge is 0.188 e. The van der Waals surface area contributed by atoms with E-state index in [1.165, 1.54) is 6.20 Å². The van der Waals surface area contributed by atoms with Gasteiger partial charge in [-0.1, -0.05) is 0 Å². The highest BCUT2D eigenvalue weighted by Gasteiger charge is 2.11. The van der Waals surface area contributed by atoms with Crippen molar-refractivity contribution in [1.82, 2.24) is 14.5 Å². The van der Waals surface area contributed by atoms with E-state index in [1.807, 2.05) is 17.7 Å². The molecule has 88 valence electrons. The zero-order valence-corrected chi connectivity index (χ0v) is 9.63. The van der Waals surface area contributed by atoms with Gasteiger partial charge in [-0.05, 0) is 19.1 Å². The maximum absolute atomic E-state index is 11.9. The van der Waals surface area contributed by atoms with Gasteiger partial charge in [0.2, 0.25) is 0 Å². The number of carbonyl (C=O) groups is 1. The highest BCUT2D eigenvalue weighted by Crippen LogP contribution is 2.06. The minimum Gasteiger partial charge on any atom is -0.397 e. The van der Waals surface area contributed by atoms with Crippen molar-refractivity contribution in [3.63, 3.8) is 0 Å². The SMILES string of the molecule is CCn1ccnc1CC(=O)c1ccc(N)cn1. The molecular formula is C12H14N4O. The van der Waals surface area contributed by atoms with Crippen LogP contribution in [-0.2, 0) is 13.0 Å². The predicted octanol–water partition coefficient (Wildman–Crippen LogP) is 1.31. The maximum Gasteiger partial charge on any atom is 0.188 e. The van der Waals surface area contributed by atoms with Gasteiger partial charge in [-0.2, -0.15) is 0 Å². The molecule has 0 fully saturated rings. The van der Waals surface area contributed by atoms with Crippen LogP contribution in [0.3, 0.4) is 0 Å². The van der Waals surface area contributed by atoms with Crippen LogP contribution in [0, 0.1) is 0 Å². The minimum atomic E-state index is -0.0501. The van der Waals surface area contributed by atoms with Gasteiger partial charge in [0, 0.05) is 18.9 Å². The number of hydrogen-bond acceptors (Lipinski definition) is 4. The first kappa shape index (κ1) is 11.3. The van der Waals surface area contributed by atoms with Crippen LogP contribution in [0.15, 0.2) is 30.7 Å². The Morgan fingerprint density at radius 2 is 2.24 bits per heavy atom. The third kappa shape index (κ3) is 2.50. The van der Waals surface area contributed by atoms with Gasteiger partial charge in [0.05, 0.1) is 18.3 Å². The van der Waals surface area contributed by atoms with Crippen LogP contribution in [0.25, 0.3) is 0 Å². The lowest BCUT2D eigenvalue weighted by molar-refractivity contribution is 0.0985. The Morgan fingerprint density at radius 3 is 2.88 bits per heavy atom. The van der Waals surface area contributed by atoms with Crippen molar-refractivity contribution in [2.45, 2.75) is 19.9 Å². The molecule has 5 nitrogen and oxygen atoms in total. The average molecular weight is 230 g/mol. The largest absolute Gasteiger partial charge is 0.397 e. The van der Waals surface area contributed by atoms with Crippen LogP contribution in [0.1, 0.15) is 23.2 Å². The molecule has 0 bridgehead atoms. The summed E-state index contributed by atoms with van der Waals surface area (Å²) in [5, 5.41) is 0. The Labute approximate surface area is 99.3 Å². The second-order valence-electron chi connectivity index (χ2n) is 3.71. The van der Waals surface area contributed by atoms with Crippen molar-refractivity contribution < 1.29 is 4.79 Å². The monoisotopic (exact) mass is 230 g/mol. The van der Waals surface area contributed by atoms with E-state index in [9.17, 15) is 4.79 Å². The van der Waals surface area contributed by atoms with Crippen LogP contribution in [0.2, 0.25) is 0 Å². The molecule has 0 unspecified atom stereocenters. The summed E-state index contributed by atoms with van der Waals surface area (Å²) in [6.45, 7) is 2.81. The molecule has 0 aromatic carbocycles. The van der Waals surface area contributed by atoms with Crippen molar-refractivity contribution in [1.29, 1.82) is 0 Å². The molecule has 0 atom stereocenters. The van der Waals surface area contributed by atoms with E-state index in [0.29, 0.717) is 11.4 Å². The molecular weight excluding hydrogens is 216 g/mol. The summed E-state index contributed by atoms with van der Waals surface area (Å²) in [7, 11) is 0. The first-order valence-electron chi connectivity index (χ1n) is 5.45. The van der Waals surface area contributed by atoms with Crippen LogP contribution >= 0.6 is 0 Å². The molecule has 17 heavy (non-hydrogen) atoms. The van der Waals surface area contributed by atoms with E-state index >= 15 is 0 Å². The van der Waals surface area contributed by atoms with Crippen molar-refractivity contribution in [3.8, 4) is 0 Å². The van der Waals surface area contributed by atoms with E-state index < -0.39 is 0 Å². The van der Waals surface area contributed by atoms with Gasteiger partial charge in [-0.25, -0.2) is 4.98 Å². The number of nitrogen functional groups attached to an aromatic ring is 1. The van der Waals surface area contributed by atoms with E-state index in [-0.39, 0.29) is 12.2 Å². The number of hydrogen-bond donors (Lipinski definition) is 1. The third-order valence-electron chi connectivity index (χ3n) is 2.53. The first-order valence-corrected chi connectivity index (χ1v) is 5.45. The van der Waals surface area contributed by atoms with Gasteiger partial charge in [0.25, 0.3) is 0 Å². The molecule has 2 rings (SSSR count). The lowest BCUT2D eigenvalue weighted by Crippen LogP contribution is -2.11. The highest BCUT2D eigenvalue weighted by molar-refractivity contribution is 5.95. The van der Waals surface area contributed by atoms with Gasteiger partial charge in [-0.3, -0.25) is 9.78 Å². The summed E-state index contributed by atoms with van der Waals surface area (Å²) in [6.07, 6.45) is 5.30. The number of pyridine rings is 1. The van der Waals surface area contributed by atoms with Crippen molar-refractivity contribution in [2.75, 3.05) is 5.73 Å². The molecule has 0 radical (unpaired) electrons. The number of nitrogens with two attached hydrogens (primary N) is 1. The van der Waals surface area contributed by atoms with Crippen LogP contribution < -0.4 is 5.73 Å². The average Bonchev–Trinajstić information content (AvgIpc) is 2.77. The number of aryl methyl sites for hydroxylation is 1. The molecule has 2 heterocycles. The molecule has 2 aromatic heterocycles. The highest BCUT2D eigenvalue weighted by atomic mass is 16.1. The van der Waals surface area contributed by atoms with E-state index in [1.54, 1.807) is 18.3 Å². The number of Topliss-reactive ketones (excluding diaryl/α,β-unsaturated/α-hetero) is 1. The first-order chi connectivity index (χ1) is 8.20. The van der Waals surface area contributed by atoms with Crippen LogP contribution in [0.5, 0.6) is 0 Å². The molecule has 0 saturated carbocycles. The Balaban J connectivity index is 2.14. The summed E-state index contributed by atoms with van der Waals surface area (Å²) in [5.74, 6) is 0.710. The van der Waals surface area contributed by atoms with Gasteiger partial charge >= 0.3 is 0 Å². The molecule has 2 aromatic rings. The molecule has 0 amide bonds. The number of aromatic nitrogens is 3. The third-order valence-corrected chi connectivity index (χ3v) is 2.53. The van der Waals surface area contributed by atoms with Gasteiger partial charge in [-0.15, -0.1) is 0 Å². The summed E-state index contributed by atoms with van der Waals surface area (Å²) < 4.78 is 1.94. The quantitative estimate of drug-likeness (QED) is 0.803.